The van der Waals surface area contributed by atoms with Gasteiger partial charge in [-0.2, -0.15) is 0 Å². The molecule has 3 heteroatoms. The van der Waals surface area contributed by atoms with Gasteiger partial charge in [0.2, 0.25) is 0 Å². The normalized spacial score (nSPS) is 13.0. The molecule has 2 N–H and O–H groups in total. The lowest BCUT2D eigenvalue weighted by molar-refractivity contribution is -0.137. The van der Waals surface area contributed by atoms with Gasteiger partial charge in [-0.25, -0.2) is 0 Å². The molecule has 0 saturated carbocycles. The smallest absolute Gasteiger partial charge is 0.303 e. The zero-order chi connectivity index (χ0) is 16.9. The van der Waals surface area contributed by atoms with Crippen molar-refractivity contribution in [2.24, 2.45) is 0 Å². The van der Waals surface area contributed by atoms with Crippen LogP contribution in [0.3, 0.4) is 0 Å². The van der Waals surface area contributed by atoms with E-state index in [9.17, 15) is 9.90 Å². The van der Waals surface area contributed by atoms with Crippen molar-refractivity contribution < 1.29 is 15.0 Å². The summed E-state index contributed by atoms with van der Waals surface area (Å²) < 4.78 is 0. The average molecular weight is 316 g/mol. The van der Waals surface area contributed by atoms with Crippen LogP contribution in [0.2, 0.25) is 0 Å². The number of rotatable bonds is 11. The first-order valence-corrected chi connectivity index (χ1v) is 8.46. The van der Waals surface area contributed by atoms with Crippen molar-refractivity contribution in [1.82, 2.24) is 0 Å². The Labute approximate surface area is 139 Å². The fraction of sp³-hybridized carbons (Fsp3) is 0.450. The van der Waals surface area contributed by atoms with E-state index in [1.54, 1.807) is 0 Å². The molecule has 0 aromatic heterocycles. The Kier molecular flexibility index (Phi) is 9.73. The summed E-state index contributed by atoms with van der Waals surface area (Å²) in [5.74, 6) is -0.747. The van der Waals surface area contributed by atoms with Gasteiger partial charge in [-0.05, 0) is 36.5 Å². The van der Waals surface area contributed by atoms with Gasteiger partial charge in [-0.1, -0.05) is 68.7 Å². The minimum atomic E-state index is -0.747. The van der Waals surface area contributed by atoms with Crippen LogP contribution >= 0.6 is 0 Å². The average Bonchev–Trinajstić information content (AvgIpc) is 2.53. The van der Waals surface area contributed by atoms with Crippen molar-refractivity contribution in [1.29, 1.82) is 0 Å². The van der Waals surface area contributed by atoms with Crippen LogP contribution in [0.25, 0.3) is 12.2 Å². The second-order valence-electron chi connectivity index (χ2n) is 5.78. The van der Waals surface area contributed by atoms with E-state index in [1.807, 2.05) is 42.5 Å². The highest BCUT2D eigenvalue weighted by Crippen LogP contribution is 2.12. The summed E-state index contributed by atoms with van der Waals surface area (Å²) in [7, 11) is 0. The first-order chi connectivity index (χ1) is 11.1. The SMILES string of the molecule is CCCCCC(O)C=Cc1cccc(C=CCCCC(=O)O)c1. The van der Waals surface area contributed by atoms with Crippen molar-refractivity contribution in [2.45, 2.75) is 58.0 Å². The van der Waals surface area contributed by atoms with Crippen molar-refractivity contribution in [3.63, 3.8) is 0 Å². The van der Waals surface area contributed by atoms with E-state index in [2.05, 4.69) is 13.0 Å². The first-order valence-electron chi connectivity index (χ1n) is 8.46. The maximum atomic E-state index is 10.4. The number of carbonyl (C=O) groups is 1. The molecule has 0 spiro atoms. The molecule has 0 aliphatic carbocycles. The first kappa shape index (κ1) is 19.2. The van der Waals surface area contributed by atoms with Gasteiger partial charge in [0.15, 0.2) is 0 Å². The van der Waals surface area contributed by atoms with Crippen molar-refractivity contribution in [3.05, 3.63) is 47.5 Å². The van der Waals surface area contributed by atoms with E-state index in [-0.39, 0.29) is 12.5 Å². The third-order valence-electron chi connectivity index (χ3n) is 3.60. The Morgan fingerprint density at radius 2 is 1.91 bits per heavy atom. The predicted octanol–water partition coefficient (Wildman–Crippen LogP) is 4.91. The van der Waals surface area contributed by atoms with E-state index in [0.717, 1.165) is 43.2 Å². The van der Waals surface area contributed by atoms with Gasteiger partial charge in [0.05, 0.1) is 6.10 Å². The van der Waals surface area contributed by atoms with E-state index >= 15 is 0 Å². The van der Waals surface area contributed by atoms with Gasteiger partial charge in [-0.15, -0.1) is 0 Å². The lowest BCUT2D eigenvalue weighted by atomic mass is 10.1. The molecule has 126 valence electrons. The largest absolute Gasteiger partial charge is 0.481 e. The molecule has 3 nitrogen and oxygen atoms in total. The van der Waals surface area contributed by atoms with Gasteiger partial charge >= 0.3 is 5.97 Å². The number of aliphatic hydroxyl groups is 1. The number of aliphatic carboxylic acids is 1. The number of carboxylic acid groups (broad SMARTS) is 1. The minimum Gasteiger partial charge on any atom is -0.481 e. The molecule has 0 amide bonds. The standard InChI is InChI=1S/C20H28O3/c1-2-3-5-12-19(21)15-14-18-11-8-10-17(16-18)9-6-4-7-13-20(22)23/h6,8-11,14-16,19,21H,2-5,7,12-13H2,1H3,(H,22,23). The van der Waals surface area contributed by atoms with Gasteiger partial charge in [-0.3, -0.25) is 4.79 Å². The Bertz CT molecular complexity index is 517. The van der Waals surface area contributed by atoms with Crippen LogP contribution in [0, 0.1) is 0 Å². The molecule has 1 unspecified atom stereocenters. The molecule has 0 aliphatic rings. The highest BCUT2D eigenvalue weighted by Gasteiger charge is 1.98. The number of hydrogen-bond acceptors (Lipinski definition) is 2. The van der Waals surface area contributed by atoms with Gasteiger partial charge in [0, 0.05) is 6.42 Å². The van der Waals surface area contributed by atoms with Crippen LogP contribution in [0.4, 0.5) is 0 Å². The lowest BCUT2D eigenvalue weighted by Crippen LogP contribution is -2.01. The topological polar surface area (TPSA) is 57.5 Å². The van der Waals surface area contributed by atoms with Gasteiger partial charge in [0.25, 0.3) is 0 Å². The number of hydrogen-bond donors (Lipinski definition) is 2. The summed E-state index contributed by atoms with van der Waals surface area (Å²) in [6.45, 7) is 2.16. The number of benzene rings is 1. The molecule has 1 aromatic rings. The summed E-state index contributed by atoms with van der Waals surface area (Å²) in [5.41, 5.74) is 2.15. The molecule has 1 rings (SSSR count). The summed E-state index contributed by atoms with van der Waals surface area (Å²) in [6.07, 6.45) is 13.3. The maximum absolute atomic E-state index is 10.4. The van der Waals surface area contributed by atoms with Crippen LogP contribution in [-0.4, -0.2) is 22.3 Å². The minimum absolute atomic E-state index is 0.211. The van der Waals surface area contributed by atoms with Crippen LogP contribution in [0.1, 0.15) is 63.0 Å². The van der Waals surface area contributed by atoms with Crippen molar-refractivity contribution in [3.8, 4) is 0 Å². The van der Waals surface area contributed by atoms with E-state index in [1.165, 1.54) is 0 Å². The fourth-order valence-electron chi connectivity index (χ4n) is 2.28. The predicted molar refractivity (Wildman–Crippen MR) is 96.1 cm³/mol. The van der Waals surface area contributed by atoms with Crippen LogP contribution < -0.4 is 0 Å². The third-order valence-corrected chi connectivity index (χ3v) is 3.60. The second-order valence-corrected chi connectivity index (χ2v) is 5.78. The zero-order valence-electron chi connectivity index (χ0n) is 13.9. The van der Waals surface area contributed by atoms with Crippen molar-refractivity contribution in [2.75, 3.05) is 0 Å². The molecule has 0 heterocycles. The highest BCUT2D eigenvalue weighted by atomic mass is 16.4. The maximum Gasteiger partial charge on any atom is 0.303 e. The molecule has 1 atom stereocenters. The van der Waals surface area contributed by atoms with Crippen molar-refractivity contribution >= 4 is 18.1 Å². The molecule has 0 saturated heterocycles. The Morgan fingerprint density at radius 3 is 2.61 bits per heavy atom. The number of aliphatic hydroxyl groups excluding tert-OH is 1. The Hall–Kier alpha value is -1.87. The van der Waals surface area contributed by atoms with Gasteiger partial charge < -0.3 is 10.2 Å². The Morgan fingerprint density at radius 1 is 1.17 bits per heavy atom. The number of allylic oxidation sites excluding steroid dienone is 1. The monoisotopic (exact) mass is 316 g/mol. The zero-order valence-corrected chi connectivity index (χ0v) is 13.9. The van der Waals surface area contributed by atoms with Crippen LogP contribution in [0.5, 0.6) is 0 Å². The van der Waals surface area contributed by atoms with E-state index < -0.39 is 5.97 Å². The highest BCUT2D eigenvalue weighted by molar-refractivity contribution is 5.66. The number of unbranched alkanes of at least 4 members (excludes halogenated alkanes) is 3. The molecule has 1 aromatic carbocycles. The van der Waals surface area contributed by atoms with Crippen LogP contribution in [-0.2, 0) is 4.79 Å². The summed E-state index contributed by atoms with van der Waals surface area (Å²) in [6, 6.07) is 8.07. The molecule has 0 fully saturated rings. The summed E-state index contributed by atoms with van der Waals surface area (Å²) in [5, 5.41) is 18.5. The third kappa shape index (κ3) is 9.69. The second kappa shape index (κ2) is 11.7. The summed E-state index contributed by atoms with van der Waals surface area (Å²) >= 11 is 0. The molecule has 0 radical (unpaired) electrons. The molecular formula is C20H28O3. The van der Waals surface area contributed by atoms with E-state index in [0.29, 0.717) is 6.42 Å². The summed E-state index contributed by atoms with van der Waals surface area (Å²) in [4.78, 5) is 10.4. The van der Waals surface area contributed by atoms with Crippen LogP contribution in [0.15, 0.2) is 36.4 Å². The molecule has 0 aliphatic heterocycles. The molecular weight excluding hydrogens is 288 g/mol. The molecule has 0 bridgehead atoms. The van der Waals surface area contributed by atoms with Gasteiger partial charge in [0.1, 0.15) is 0 Å². The molecule has 23 heavy (non-hydrogen) atoms. The lowest BCUT2D eigenvalue weighted by Gasteiger charge is -2.04. The Balaban J connectivity index is 2.46. The fourth-order valence-corrected chi connectivity index (χ4v) is 2.28. The number of carboxylic acids is 1. The van der Waals surface area contributed by atoms with E-state index in [4.69, 9.17) is 5.11 Å². The quantitative estimate of drug-likeness (QED) is 0.570.